The maximum Gasteiger partial charge on any atom is 0.262 e. The van der Waals surface area contributed by atoms with E-state index in [2.05, 4.69) is 5.32 Å². The fraction of sp³-hybridized carbons (Fsp3) is 0.471. The number of imide groups is 1. The first-order chi connectivity index (χ1) is 11.7. The normalized spacial score (nSPS) is 23.0. The first-order valence-electron chi connectivity index (χ1n) is 8.19. The van der Waals surface area contributed by atoms with Crippen LogP contribution in [0, 0.1) is 5.92 Å². The smallest absolute Gasteiger partial charge is 0.262 e. The van der Waals surface area contributed by atoms with Crippen LogP contribution >= 0.6 is 0 Å². The quantitative estimate of drug-likeness (QED) is 0.789. The van der Waals surface area contributed by atoms with Crippen molar-refractivity contribution in [1.82, 2.24) is 10.2 Å². The third-order valence-corrected chi connectivity index (χ3v) is 6.35. The van der Waals surface area contributed by atoms with Crippen LogP contribution in [-0.4, -0.2) is 54.6 Å². The highest BCUT2D eigenvalue weighted by molar-refractivity contribution is 7.91. The van der Waals surface area contributed by atoms with E-state index in [1.54, 1.807) is 38.1 Å². The molecule has 0 aromatic heterocycles. The van der Waals surface area contributed by atoms with Crippen molar-refractivity contribution in [3.63, 3.8) is 0 Å². The number of fused-ring (bicyclic) bond motifs is 1. The van der Waals surface area contributed by atoms with E-state index in [1.165, 1.54) is 0 Å². The maximum absolute atomic E-state index is 12.7. The van der Waals surface area contributed by atoms with E-state index in [9.17, 15) is 22.8 Å². The van der Waals surface area contributed by atoms with E-state index in [0.717, 1.165) is 4.90 Å². The molecule has 3 rings (SSSR count). The summed E-state index contributed by atoms with van der Waals surface area (Å²) in [6.45, 7) is 3.50. The van der Waals surface area contributed by atoms with Crippen LogP contribution in [0.4, 0.5) is 0 Å². The highest BCUT2D eigenvalue weighted by Gasteiger charge is 2.44. The molecule has 2 aliphatic heterocycles. The molecule has 0 unspecified atom stereocenters. The van der Waals surface area contributed by atoms with Crippen molar-refractivity contribution < 1.29 is 22.8 Å². The van der Waals surface area contributed by atoms with Crippen LogP contribution in [0.3, 0.4) is 0 Å². The Morgan fingerprint density at radius 3 is 2.16 bits per heavy atom. The fourth-order valence-electron chi connectivity index (χ4n) is 3.37. The minimum absolute atomic E-state index is 0.0390. The number of nitrogens with zero attached hydrogens (tertiary/aromatic N) is 1. The van der Waals surface area contributed by atoms with E-state index < -0.39 is 39.6 Å². The second-order valence-electron chi connectivity index (χ2n) is 6.82. The standard InChI is InChI=1S/C17H20N2O5S/c1-10(2)14(15(20)18-11-7-8-25(23,24)9-11)19-16(21)12-5-3-4-6-13(12)17(19)22/h3-6,10-11,14H,7-9H2,1-2H3,(H,18,20)/t11-,14-/m1/s1. The SMILES string of the molecule is CC(C)[C@H](C(=O)N[C@@H]1CCS(=O)(=O)C1)N1C(=O)c2ccccc2C1=O. The Labute approximate surface area is 146 Å². The van der Waals surface area contributed by atoms with Gasteiger partial charge in [0.1, 0.15) is 6.04 Å². The fourth-order valence-corrected chi connectivity index (χ4v) is 5.05. The number of carbonyl (C=O) groups excluding carboxylic acids is 3. The average Bonchev–Trinajstić information content (AvgIpc) is 2.99. The van der Waals surface area contributed by atoms with Crippen molar-refractivity contribution in [1.29, 1.82) is 0 Å². The van der Waals surface area contributed by atoms with Gasteiger partial charge in [0.05, 0.1) is 22.6 Å². The van der Waals surface area contributed by atoms with Crippen LogP contribution in [0.25, 0.3) is 0 Å². The van der Waals surface area contributed by atoms with Crippen molar-refractivity contribution in [2.24, 2.45) is 5.92 Å². The summed E-state index contributed by atoms with van der Waals surface area (Å²) in [7, 11) is -3.13. The number of rotatable bonds is 4. The van der Waals surface area contributed by atoms with E-state index in [-0.39, 0.29) is 28.6 Å². The highest BCUT2D eigenvalue weighted by Crippen LogP contribution is 2.27. The Morgan fingerprint density at radius 1 is 1.16 bits per heavy atom. The number of amides is 3. The second kappa shape index (κ2) is 6.25. The van der Waals surface area contributed by atoms with Crippen molar-refractivity contribution >= 4 is 27.6 Å². The topological polar surface area (TPSA) is 101 Å². The summed E-state index contributed by atoms with van der Waals surface area (Å²) in [5, 5.41) is 2.70. The summed E-state index contributed by atoms with van der Waals surface area (Å²) >= 11 is 0. The zero-order chi connectivity index (χ0) is 18.4. The van der Waals surface area contributed by atoms with Crippen molar-refractivity contribution in [2.45, 2.75) is 32.4 Å². The molecule has 1 aromatic carbocycles. The number of benzene rings is 1. The third kappa shape index (κ3) is 3.18. The molecule has 7 nitrogen and oxygen atoms in total. The summed E-state index contributed by atoms with van der Waals surface area (Å²) < 4.78 is 23.1. The zero-order valence-corrected chi connectivity index (χ0v) is 14.9. The molecule has 0 spiro atoms. The van der Waals surface area contributed by atoms with Gasteiger partial charge in [-0.15, -0.1) is 0 Å². The maximum atomic E-state index is 12.7. The lowest BCUT2D eigenvalue weighted by atomic mass is 10.0. The second-order valence-corrected chi connectivity index (χ2v) is 9.05. The van der Waals surface area contributed by atoms with Gasteiger partial charge < -0.3 is 5.32 Å². The lowest BCUT2D eigenvalue weighted by Gasteiger charge is -2.29. The van der Waals surface area contributed by atoms with Crippen LogP contribution in [0.15, 0.2) is 24.3 Å². The van der Waals surface area contributed by atoms with Crippen LogP contribution in [-0.2, 0) is 14.6 Å². The number of hydrogen-bond acceptors (Lipinski definition) is 5. The van der Waals surface area contributed by atoms with E-state index in [1.807, 2.05) is 0 Å². The Morgan fingerprint density at radius 2 is 1.72 bits per heavy atom. The van der Waals surface area contributed by atoms with Gasteiger partial charge in [0, 0.05) is 6.04 Å². The number of nitrogens with one attached hydrogen (secondary N) is 1. The summed E-state index contributed by atoms with van der Waals surface area (Å²) in [6, 6.07) is 5.01. The molecule has 2 heterocycles. The number of hydrogen-bond donors (Lipinski definition) is 1. The molecule has 1 fully saturated rings. The molecular weight excluding hydrogens is 344 g/mol. The molecule has 1 aromatic rings. The Hall–Kier alpha value is -2.22. The number of carbonyl (C=O) groups is 3. The summed E-state index contributed by atoms with van der Waals surface area (Å²) in [5.74, 6) is -1.85. The van der Waals surface area contributed by atoms with Gasteiger partial charge in [0.15, 0.2) is 9.84 Å². The molecular formula is C17H20N2O5S. The molecule has 8 heteroatoms. The largest absolute Gasteiger partial charge is 0.350 e. The average molecular weight is 364 g/mol. The van der Waals surface area contributed by atoms with E-state index in [0.29, 0.717) is 6.42 Å². The summed E-state index contributed by atoms with van der Waals surface area (Å²) in [5.41, 5.74) is 0.573. The third-order valence-electron chi connectivity index (χ3n) is 4.58. The molecule has 2 atom stereocenters. The Kier molecular flexibility index (Phi) is 4.40. The van der Waals surface area contributed by atoms with E-state index >= 15 is 0 Å². The zero-order valence-electron chi connectivity index (χ0n) is 14.1. The van der Waals surface area contributed by atoms with Gasteiger partial charge in [-0.3, -0.25) is 19.3 Å². The van der Waals surface area contributed by atoms with Gasteiger partial charge in [-0.25, -0.2) is 8.42 Å². The Balaban J connectivity index is 1.84. The summed E-state index contributed by atoms with van der Waals surface area (Å²) in [6.07, 6.45) is 0.348. The molecule has 2 aliphatic rings. The molecule has 1 saturated heterocycles. The van der Waals surface area contributed by atoms with Crippen LogP contribution in [0.1, 0.15) is 41.0 Å². The first-order valence-corrected chi connectivity index (χ1v) is 10.0. The predicted molar refractivity (Wildman–Crippen MR) is 90.8 cm³/mol. The first kappa shape index (κ1) is 17.6. The van der Waals surface area contributed by atoms with Gasteiger partial charge in [0.2, 0.25) is 5.91 Å². The lowest BCUT2D eigenvalue weighted by molar-refractivity contribution is -0.126. The molecule has 3 amide bonds. The molecule has 0 saturated carbocycles. The summed E-state index contributed by atoms with van der Waals surface area (Å²) in [4.78, 5) is 39.0. The van der Waals surface area contributed by atoms with Gasteiger partial charge >= 0.3 is 0 Å². The van der Waals surface area contributed by atoms with Crippen LogP contribution < -0.4 is 5.32 Å². The van der Waals surface area contributed by atoms with Crippen LogP contribution in [0.5, 0.6) is 0 Å². The van der Waals surface area contributed by atoms with Gasteiger partial charge in [-0.1, -0.05) is 26.0 Å². The van der Waals surface area contributed by atoms with Gasteiger partial charge in [-0.2, -0.15) is 0 Å². The molecule has 0 aliphatic carbocycles. The molecule has 25 heavy (non-hydrogen) atoms. The molecule has 0 radical (unpaired) electrons. The highest BCUT2D eigenvalue weighted by atomic mass is 32.2. The van der Waals surface area contributed by atoms with Crippen LogP contribution in [0.2, 0.25) is 0 Å². The monoisotopic (exact) mass is 364 g/mol. The minimum Gasteiger partial charge on any atom is -0.350 e. The van der Waals surface area contributed by atoms with Crippen molar-refractivity contribution in [3.05, 3.63) is 35.4 Å². The Bertz CT molecular complexity index is 811. The van der Waals surface area contributed by atoms with Crippen molar-refractivity contribution in [2.75, 3.05) is 11.5 Å². The molecule has 0 bridgehead atoms. The van der Waals surface area contributed by atoms with E-state index in [4.69, 9.17) is 0 Å². The number of sulfone groups is 1. The predicted octanol–water partition coefficient (Wildman–Crippen LogP) is 0.611. The van der Waals surface area contributed by atoms with Gasteiger partial charge in [-0.05, 0) is 24.5 Å². The molecule has 1 N–H and O–H groups in total. The minimum atomic E-state index is -3.13. The lowest BCUT2D eigenvalue weighted by Crippen LogP contribution is -2.54. The van der Waals surface area contributed by atoms with Gasteiger partial charge in [0.25, 0.3) is 11.8 Å². The van der Waals surface area contributed by atoms with Crippen molar-refractivity contribution in [3.8, 4) is 0 Å². The molecule has 134 valence electrons.